The Morgan fingerprint density at radius 2 is 1.93 bits per heavy atom. The van der Waals surface area contributed by atoms with Gasteiger partial charge in [0.1, 0.15) is 0 Å². The molecular weight excluding hydrogens is 207 g/mol. The van der Waals surface area contributed by atoms with Crippen molar-refractivity contribution in [3.63, 3.8) is 0 Å². The summed E-state index contributed by atoms with van der Waals surface area (Å²) in [5, 5.41) is 9.15. The molecule has 0 saturated carbocycles. The molecule has 0 amide bonds. The largest absolute Gasteiger partial charge is 0.401 e. The summed E-state index contributed by atoms with van der Waals surface area (Å²) in [6.45, 7) is 2.08. The van der Waals surface area contributed by atoms with Crippen molar-refractivity contribution in [2.75, 3.05) is 26.2 Å². The lowest BCUT2D eigenvalue weighted by Crippen LogP contribution is -2.35. The number of aliphatic hydroxyl groups excluding tert-OH is 1. The number of hydrogen-bond acceptors (Lipinski definition) is 2. The Bertz CT molecular complexity index is 207. The Morgan fingerprint density at radius 1 is 1.27 bits per heavy atom. The molecule has 1 saturated heterocycles. The zero-order chi connectivity index (χ0) is 11.5. The third-order valence-electron chi connectivity index (χ3n) is 3.07. The minimum absolute atomic E-state index is 0.0624. The van der Waals surface area contributed by atoms with E-state index in [1.165, 1.54) is 4.90 Å². The number of alkyl halides is 3. The lowest BCUT2D eigenvalue weighted by atomic mass is 9.84. The second-order valence-corrected chi connectivity index (χ2v) is 4.71. The van der Waals surface area contributed by atoms with Crippen LogP contribution in [0.2, 0.25) is 0 Å². The van der Waals surface area contributed by atoms with Gasteiger partial charge >= 0.3 is 6.18 Å². The predicted molar refractivity (Wildman–Crippen MR) is 51.5 cm³/mol. The summed E-state index contributed by atoms with van der Waals surface area (Å²) in [7, 11) is 0. The molecule has 1 rings (SSSR count). The number of aliphatic hydroxyl groups is 1. The summed E-state index contributed by atoms with van der Waals surface area (Å²) in [4.78, 5) is 1.43. The highest BCUT2D eigenvalue weighted by atomic mass is 19.4. The lowest BCUT2D eigenvalue weighted by Gasteiger charge is -2.25. The molecule has 0 radical (unpaired) electrons. The summed E-state index contributed by atoms with van der Waals surface area (Å²) in [6, 6.07) is 0. The van der Waals surface area contributed by atoms with E-state index in [0.29, 0.717) is 19.5 Å². The molecule has 0 aromatic carbocycles. The van der Waals surface area contributed by atoms with E-state index < -0.39 is 12.7 Å². The highest BCUT2D eigenvalue weighted by molar-refractivity contribution is 4.80. The third kappa shape index (κ3) is 4.38. The Morgan fingerprint density at radius 3 is 2.47 bits per heavy atom. The van der Waals surface area contributed by atoms with Crippen LogP contribution in [0.25, 0.3) is 0 Å². The lowest BCUT2D eigenvalue weighted by molar-refractivity contribution is -0.145. The van der Waals surface area contributed by atoms with E-state index in [1.807, 2.05) is 6.92 Å². The second kappa shape index (κ2) is 4.70. The summed E-state index contributed by atoms with van der Waals surface area (Å²) >= 11 is 0. The van der Waals surface area contributed by atoms with Crippen molar-refractivity contribution in [2.45, 2.75) is 32.4 Å². The van der Waals surface area contributed by atoms with Gasteiger partial charge < -0.3 is 5.11 Å². The molecule has 1 N–H and O–H groups in total. The maximum absolute atomic E-state index is 12.2. The molecule has 1 aliphatic heterocycles. The topological polar surface area (TPSA) is 23.5 Å². The molecule has 90 valence electrons. The fourth-order valence-corrected chi connectivity index (χ4v) is 1.96. The molecule has 0 aromatic rings. The maximum atomic E-state index is 12.2. The van der Waals surface area contributed by atoms with Crippen molar-refractivity contribution in [3.8, 4) is 0 Å². The van der Waals surface area contributed by atoms with Crippen LogP contribution in [0.1, 0.15) is 26.2 Å². The molecule has 1 unspecified atom stereocenters. The van der Waals surface area contributed by atoms with Crippen LogP contribution in [0.3, 0.4) is 0 Å². The Labute approximate surface area is 88.1 Å². The molecule has 0 aromatic heterocycles. The zero-order valence-corrected chi connectivity index (χ0v) is 8.98. The highest BCUT2D eigenvalue weighted by Gasteiger charge is 2.33. The first-order valence-electron chi connectivity index (χ1n) is 5.25. The molecule has 0 aliphatic carbocycles. The first-order chi connectivity index (χ1) is 6.85. The van der Waals surface area contributed by atoms with Crippen LogP contribution >= 0.6 is 0 Å². The Hall–Kier alpha value is -0.290. The van der Waals surface area contributed by atoms with Gasteiger partial charge in [-0.3, -0.25) is 4.90 Å². The van der Waals surface area contributed by atoms with Gasteiger partial charge in [0, 0.05) is 6.61 Å². The van der Waals surface area contributed by atoms with E-state index >= 15 is 0 Å². The van der Waals surface area contributed by atoms with Crippen LogP contribution < -0.4 is 0 Å². The Balaban J connectivity index is 2.46. The van der Waals surface area contributed by atoms with Gasteiger partial charge in [-0.15, -0.1) is 0 Å². The fourth-order valence-electron chi connectivity index (χ4n) is 1.96. The number of halogens is 3. The predicted octanol–water partition coefficient (Wildman–Crippen LogP) is 2.03. The van der Waals surface area contributed by atoms with E-state index in [-0.39, 0.29) is 12.0 Å². The van der Waals surface area contributed by atoms with Crippen molar-refractivity contribution in [1.29, 1.82) is 0 Å². The van der Waals surface area contributed by atoms with Gasteiger partial charge in [-0.1, -0.05) is 6.92 Å². The van der Waals surface area contributed by atoms with Crippen molar-refractivity contribution < 1.29 is 18.3 Å². The van der Waals surface area contributed by atoms with Crippen molar-refractivity contribution >= 4 is 0 Å². The van der Waals surface area contributed by atoms with E-state index in [9.17, 15) is 13.2 Å². The highest BCUT2D eigenvalue weighted by Crippen LogP contribution is 2.31. The third-order valence-corrected chi connectivity index (χ3v) is 3.07. The van der Waals surface area contributed by atoms with Gasteiger partial charge in [-0.2, -0.15) is 13.2 Å². The second-order valence-electron chi connectivity index (χ2n) is 4.71. The van der Waals surface area contributed by atoms with Gasteiger partial charge in [0.25, 0.3) is 0 Å². The van der Waals surface area contributed by atoms with Crippen molar-refractivity contribution in [3.05, 3.63) is 0 Å². The summed E-state index contributed by atoms with van der Waals surface area (Å²) < 4.78 is 36.5. The first-order valence-corrected chi connectivity index (χ1v) is 5.25. The van der Waals surface area contributed by atoms with E-state index in [4.69, 9.17) is 5.11 Å². The quantitative estimate of drug-likeness (QED) is 0.777. The smallest absolute Gasteiger partial charge is 0.396 e. The molecule has 0 bridgehead atoms. The van der Waals surface area contributed by atoms with Gasteiger partial charge in [0.2, 0.25) is 0 Å². The number of likely N-dealkylation sites (tertiary alicyclic amines) is 1. The maximum Gasteiger partial charge on any atom is 0.401 e. The van der Waals surface area contributed by atoms with Gasteiger partial charge in [-0.25, -0.2) is 0 Å². The zero-order valence-electron chi connectivity index (χ0n) is 8.98. The van der Waals surface area contributed by atoms with Gasteiger partial charge in [-0.05, 0) is 37.8 Å². The molecule has 1 aliphatic rings. The first kappa shape index (κ1) is 12.8. The SMILES string of the molecule is CC1(CO)CCCN(CC(F)(F)F)CC1. The van der Waals surface area contributed by atoms with Crippen LogP contribution in [-0.2, 0) is 0 Å². The van der Waals surface area contributed by atoms with E-state index in [2.05, 4.69) is 0 Å². The average Bonchev–Trinajstić information content (AvgIpc) is 2.27. The van der Waals surface area contributed by atoms with Crippen LogP contribution in [0, 0.1) is 5.41 Å². The molecule has 1 atom stereocenters. The molecule has 0 spiro atoms. The van der Waals surface area contributed by atoms with E-state index in [0.717, 1.165) is 12.8 Å². The minimum Gasteiger partial charge on any atom is -0.396 e. The van der Waals surface area contributed by atoms with Crippen LogP contribution in [0.15, 0.2) is 0 Å². The summed E-state index contributed by atoms with van der Waals surface area (Å²) in [5.41, 5.74) is -0.194. The summed E-state index contributed by atoms with van der Waals surface area (Å²) in [6.07, 6.45) is -1.94. The van der Waals surface area contributed by atoms with Crippen LogP contribution in [-0.4, -0.2) is 42.4 Å². The molecule has 1 fully saturated rings. The normalized spacial score (nSPS) is 30.2. The molecule has 1 heterocycles. The van der Waals surface area contributed by atoms with E-state index in [1.54, 1.807) is 0 Å². The standard InChI is InChI=1S/C10H18F3NO/c1-9(8-15)3-2-5-14(6-4-9)7-10(11,12)13/h15H,2-8H2,1H3. The molecule has 15 heavy (non-hydrogen) atoms. The van der Waals surface area contributed by atoms with Gasteiger partial charge in [0.05, 0.1) is 6.54 Å². The molecule has 5 heteroatoms. The average molecular weight is 225 g/mol. The Kier molecular flexibility index (Phi) is 4.00. The monoisotopic (exact) mass is 225 g/mol. The number of hydrogen-bond donors (Lipinski definition) is 1. The molecule has 2 nitrogen and oxygen atoms in total. The van der Waals surface area contributed by atoms with Crippen LogP contribution in [0.5, 0.6) is 0 Å². The number of rotatable bonds is 2. The number of nitrogens with zero attached hydrogens (tertiary/aromatic N) is 1. The molecular formula is C10H18F3NO. The van der Waals surface area contributed by atoms with Gasteiger partial charge in [0.15, 0.2) is 0 Å². The van der Waals surface area contributed by atoms with Crippen LogP contribution in [0.4, 0.5) is 13.2 Å². The fraction of sp³-hybridized carbons (Fsp3) is 1.00. The van der Waals surface area contributed by atoms with Crippen molar-refractivity contribution in [1.82, 2.24) is 4.90 Å². The van der Waals surface area contributed by atoms with Crippen molar-refractivity contribution in [2.24, 2.45) is 5.41 Å². The minimum atomic E-state index is -4.11. The summed E-state index contributed by atoms with van der Waals surface area (Å²) in [5.74, 6) is 0.